The number of nitrogens with one attached hydrogen (secondary N) is 1. The van der Waals surface area contributed by atoms with E-state index in [2.05, 4.69) is 10.1 Å². The molecule has 0 saturated carbocycles. The van der Waals surface area contributed by atoms with E-state index in [4.69, 9.17) is 5.11 Å². The van der Waals surface area contributed by atoms with Gasteiger partial charge in [-0.15, -0.1) is 0 Å². The molecule has 4 nitrogen and oxygen atoms in total. The molecule has 1 atom stereocenters. The van der Waals surface area contributed by atoms with Crippen LogP contribution in [0.25, 0.3) is 0 Å². The van der Waals surface area contributed by atoms with E-state index in [0.29, 0.717) is 13.1 Å². The van der Waals surface area contributed by atoms with E-state index in [-0.39, 0.29) is 18.7 Å². The number of halogens is 6. The Kier molecular flexibility index (Phi) is 6.17. The maximum Gasteiger partial charge on any atom is 0.461 e. The van der Waals surface area contributed by atoms with Crippen molar-refractivity contribution in [2.75, 3.05) is 32.8 Å². The lowest BCUT2D eigenvalue weighted by atomic mass is 9.97. The summed E-state index contributed by atoms with van der Waals surface area (Å²) in [6.07, 6.45) is -8.94. The van der Waals surface area contributed by atoms with Crippen molar-refractivity contribution in [2.24, 2.45) is 0 Å². The third kappa shape index (κ3) is 4.56. The quantitative estimate of drug-likeness (QED) is 0.722. The molecule has 0 aliphatic carbocycles. The maximum absolute atomic E-state index is 14.4. The van der Waals surface area contributed by atoms with Crippen molar-refractivity contribution in [2.45, 2.75) is 24.5 Å². The van der Waals surface area contributed by atoms with Crippen molar-refractivity contribution in [3.63, 3.8) is 0 Å². The SMILES string of the molecule is OCC(F)(F)[C@@H](c1ccccc1OC(F)(F)C(F)F)N1CCNCC1. The molecular formula is C15H18F6N2O2. The van der Waals surface area contributed by atoms with Gasteiger partial charge in [-0.25, -0.2) is 8.78 Å². The monoisotopic (exact) mass is 372 g/mol. The van der Waals surface area contributed by atoms with Gasteiger partial charge >= 0.3 is 12.5 Å². The second-order valence-corrected chi connectivity index (χ2v) is 5.61. The number of aliphatic hydroxyl groups is 1. The Labute approximate surface area is 140 Å². The lowest BCUT2D eigenvalue weighted by Crippen LogP contribution is -2.51. The minimum Gasteiger partial charge on any atom is -0.428 e. The van der Waals surface area contributed by atoms with Crippen molar-refractivity contribution in [3.05, 3.63) is 29.8 Å². The summed E-state index contributed by atoms with van der Waals surface area (Å²) in [6, 6.07) is 2.77. The molecule has 1 aromatic rings. The number of benzene rings is 1. The Balaban J connectivity index is 2.43. The molecule has 10 heteroatoms. The lowest BCUT2D eigenvalue weighted by molar-refractivity contribution is -0.254. The van der Waals surface area contributed by atoms with Gasteiger partial charge in [-0.05, 0) is 6.07 Å². The van der Waals surface area contributed by atoms with Gasteiger partial charge in [-0.3, -0.25) is 4.90 Å². The number of hydrogen-bond acceptors (Lipinski definition) is 4. The predicted molar refractivity (Wildman–Crippen MR) is 77.2 cm³/mol. The second-order valence-electron chi connectivity index (χ2n) is 5.61. The van der Waals surface area contributed by atoms with E-state index in [1.54, 1.807) is 0 Å². The summed E-state index contributed by atoms with van der Waals surface area (Å²) in [5.41, 5.74) is -0.385. The molecule has 142 valence electrons. The number of nitrogens with zero attached hydrogens (tertiary/aromatic N) is 1. The van der Waals surface area contributed by atoms with Crippen molar-refractivity contribution >= 4 is 0 Å². The lowest BCUT2D eigenvalue weighted by Gasteiger charge is -2.39. The number of aliphatic hydroxyl groups excluding tert-OH is 1. The van der Waals surface area contributed by atoms with Gasteiger partial charge in [0.15, 0.2) is 0 Å². The van der Waals surface area contributed by atoms with Crippen LogP contribution >= 0.6 is 0 Å². The van der Waals surface area contributed by atoms with Gasteiger partial charge in [0, 0.05) is 31.7 Å². The summed E-state index contributed by atoms with van der Waals surface area (Å²) in [5.74, 6) is -4.46. The van der Waals surface area contributed by atoms with Crippen molar-refractivity contribution in [3.8, 4) is 5.75 Å². The zero-order valence-corrected chi connectivity index (χ0v) is 13.1. The Bertz CT molecular complexity index is 567. The van der Waals surface area contributed by atoms with Gasteiger partial charge in [0.05, 0.1) is 0 Å². The molecule has 1 aliphatic heterocycles. The smallest absolute Gasteiger partial charge is 0.428 e. The first kappa shape index (κ1) is 19.8. The molecule has 0 amide bonds. The van der Waals surface area contributed by atoms with Gasteiger partial charge in [0.25, 0.3) is 5.92 Å². The van der Waals surface area contributed by atoms with E-state index in [0.717, 1.165) is 12.1 Å². The van der Waals surface area contributed by atoms with Gasteiger partial charge in [0.1, 0.15) is 18.4 Å². The highest BCUT2D eigenvalue weighted by molar-refractivity contribution is 5.37. The van der Waals surface area contributed by atoms with Crippen LogP contribution in [0.5, 0.6) is 5.75 Å². The number of hydrogen-bond donors (Lipinski definition) is 2. The topological polar surface area (TPSA) is 44.7 Å². The van der Waals surface area contributed by atoms with Crippen LogP contribution in [-0.2, 0) is 0 Å². The van der Waals surface area contributed by atoms with Crippen LogP contribution in [0.4, 0.5) is 26.3 Å². The molecule has 1 aliphatic rings. The van der Waals surface area contributed by atoms with Crippen LogP contribution in [-0.4, -0.2) is 61.2 Å². The van der Waals surface area contributed by atoms with Crippen LogP contribution in [0.3, 0.4) is 0 Å². The van der Waals surface area contributed by atoms with Crippen LogP contribution < -0.4 is 10.1 Å². The first-order valence-electron chi connectivity index (χ1n) is 7.56. The summed E-state index contributed by atoms with van der Waals surface area (Å²) < 4.78 is 84.1. The zero-order chi connectivity index (χ0) is 18.7. The van der Waals surface area contributed by atoms with Gasteiger partial charge in [0.2, 0.25) is 0 Å². The molecule has 0 bridgehead atoms. The van der Waals surface area contributed by atoms with Crippen molar-refractivity contribution < 1.29 is 36.2 Å². The highest BCUT2D eigenvalue weighted by Crippen LogP contribution is 2.42. The van der Waals surface area contributed by atoms with Crippen LogP contribution in [0.2, 0.25) is 0 Å². The third-order valence-corrected chi connectivity index (χ3v) is 3.84. The summed E-state index contributed by atoms with van der Waals surface area (Å²) in [7, 11) is 0. The standard InChI is InChI=1S/C15H18F6N2O2/c16-13(17)15(20,21)25-11-4-2-1-3-10(11)12(14(18,19)9-24)23-7-5-22-6-8-23/h1-4,12-13,22,24H,5-9H2/t12-/m1/s1. The molecule has 2 N–H and O–H groups in total. The molecule has 0 spiro atoms. The second kappa shape index (κ2) is 7.79. The number of para-hydroxylation sites is 1. The van der Waals surface area contributed by atoms with Gasteiger partial charge in [-0.2, -0.15) is 17.6 Å². The molecule has 1 saturated heterocycles. The fourth-order valence-electron chi connectivity index (χ4n) is 2.71. The van der Waals surface area contributed by atoms with E-state index >= 15 is 0 Å². The maximum atomic E-state index is 14.4. The predicted octanol–water partition coefficient (Wildman–Crippen LogP) is 2.50. The molecule has 1 heterocycles. The number of rotatable bonds is 7. The number of piperazine rings is 1. The fraction of sp³-hybridized carbons (Fsp3) is 0.600. The Morgan fingerprint density at radius 3 is 2.28 bits per heavy atom. The van der Waals surface area contributed by atoms with Crippen LogP contribution in [0, 0.1) is 0 Å². The zero-order valence-electron chi connectivity index (χ0n) is 13.1. The fourth-order valence-corrected chi connectivity index (χ4v) is 2.71. The summed E-state index contributed by atoms with van der Waals surface area (Å²) in [4.78, 5) is 1.30. The largest absolute Gasteiger partial charge is 0.461 e. The summed E-state index contributed by atoms with van der Waals surface area (Å²) >= 11 is 0. The Hall–Kier alpha value is -1.52. The highest BCUT2D eigenvalue weighted by atomic mass is 19.3. The van der Waals surface area contributed by atoms with E-state index in [1.807, 2.05) is 0 Å². The van der Waals surface area contributed by atoms with E-state index < -0.39 is 36.9 Å². The normalized spacial score (nSPS) is 18.4. The van der Waals surface area contributed by atoms with Crippen molar-refractivity contribution in [1.29, 1.82) is 0 Å². The highest BCUT2D eigenvalue weighted by Gasteiger charge is 2.48. The number of ether oxygens (including phenoxy) is 1. The minimum atomic E-state index is -4.82. The Morgan fingerprint density at radius 2 is 1.72 bits per heavy atom. The summed E-state index contributed by atoms with van der Waals surface area (Å²) in [5, 5.41) is 12.0. The molecule has 25 heavy (non-hydrogen) atoms. The molecular weight excluding hydrogens is 354 g/mol. The van der Waals surface area contributed by atoms with Gasteiger partial charge < -0.3 is 15.2 Å². The Morgan fingerprint density at radius 1 is 1.12 bits per heavy atom. The molecule has 1 fully saturated rings. The van der Waals surface area contributed by atoms with Crippen LogP contribution in [0.15, 0.2) is 24.3 Å². The average molecular weight is 372 g/mol. The number of alkyl halides is 6. The van der Waals surface area contributed by atoms with Crippen LogP contribution in [0.1, 0.15) is 11.6 Å². The van der Waals surface area contributed by atoms with E-state index in [1.165, 1.54) is 17.0 Å². The third-order valence-electron chi connectivity index (χ3n) is 3.84. The van der Waals surface area contributed by atoms with Crippen molar-refractivity contribution in [1.82, 2.24) is 10.2 Å². The first-order valence-corrected chi connectivity index (χ1v) is 7.56. The average Bonchev–Trinajstić information content (AvgIpc) is 2.57. The molecule has 0 unspecified atom stereocenters. The molecule has 2 rings (SSSR count). The molecule has 0 aromatic heterocycles. The van der Waals surface area contributed by atoms with Gasteiger partial charge in [-0.1, -0.05) is 18.2 Å². The molecule has 1 aromatic carbocycles. The van der Waals surface area contributed by atoms with E-state index in [9.17, 15) is 26.3 Å². The molecule has 0 radical (unpaired) electrons. The first-order chi connectivity index (χ1) is 11.7. The summed E-state index contributed by atoms with van der Waals surface area (Å²) in [6.45, 7) is -0.427. The minimum absolute atomic E-state index is 0.166.